The second-order valence-corrected chi connectivity index (χ2v) is 6.06. The van der Waals surface area contributed by atoms with Crippen molar-refractivity contribution in [1.29, 1.82) is 0 Å². The molecule has 138 valence electrons. The number of thiophene rings is 1. The minimum atomic E-state index is 0.358. The van der Waals surface area contributed by atoms with Crippen molar-refractivity contribution in [2.24, 2.45) is 11.8 Å². The lowest BCUT2D eigenvalue weighted by atomic mass is 10.1. The van der Waals surface area contributed by atoms with Crippen molar-refractivity contribution in [3.63, 3.8) is 0 Å². The fraction of sp³-hybridized carbons (Fsp3) is 0.333. The van der Waals surface area contributed by atoms with Crippen molar-refractivity contribution in [3.05, 3.63) is 71.5 Å². The summed E-state index contributed by atoms with van der Waals surface area (Å²) in [5, 5.41) is 0. The van der Waals surface area contributed by atoms with Crippen LogP contribution in [0.25, 0.3) is 24.3 Å². The summed E-state index contributed by atoms with van der Waals surface area (Å²) in [4.78, 5) is 2.42. The van der Waals surface area contributed by atoms with Crippen LogP contribution in [0.1, 0.15) is 62.4 Å². The van der Waals surface area contributed by atoms with Gasteiger partial charge in [0.05, 0.1) is 0 Å². The number of allylic oxidation sites excluding steroid dienone is 4. The summed E-state index contributed by atoms with van der Waals surface area (Å²) in [6, 6.07) is 0. The van der Waals surface area contributed by atoms with Crippen LogP contribution < -0.4 is 0 Å². The van der Waals surface area contributed by atoms with Gasteiger partial charge in [0.25, 0.3) is 0 Å². The molecule has 25 heavy (non-hydrogen) atoms. The third-order valence-corrected chi connectivity index (χ3v) is 4.45. The molecule has 0 amide bonds. The van der Waals surface area contributed by atoms with Crippen molar-refractivity contribution in [3.8, 4) is 0 Å². The van der Waals surface area contributed by atoms with Crippen LogP contribution in [0.5, 0.6) is 0 Å². The SMILES string of the molecule is C=Cc1c(/C=C\C(C)C=C)sc(/C=C\C(C)C=C)c1C=C.CC.CC. The first-order valence-electron chi connectivity index (χ1n) is 9.10. The van der Waals surface area contributed by atoms with E-state index in [9.17, 15) is 0 Å². The highest BCUT2D eigenvalue weighted by Crippen LogP contribution is 2.33. The summed E-state index contributed by atoms with van der Waals surface area (Å²) in [5.74, 6) is 0.716. The number of hydrogen-bond acceptors (Lipinski definition) is 1. The van der Waals surface area contributed by atoms with Crippen molar-refractivity contribution in [2.45, 2.75) is 41.5 Å². The normalized spacial score (nSPS) is 12.4. The fourth-order valence-electron chi connectivity index (χ4n) is 1.80. The quantitative estimate of drug-likeness (QED) is 0.408. The molecule has 0 radical (unpaired) electrons. The zero-order valence-electron chi connectivity index (χ0n) is 17.0. The predicted octanol–water partition coefficient (Wildman–Crippen LogP) is 8.76. The van der Waals surface area contributed by atoms with Crippen LogP contribution in [0.4, 0.5) is 0 Å². The molecule has 2 atom stereocenters. The average Bonchev–Trinajstić information content (AvgIpc) is 3.03. The van der Waals surface area contributed by atoms with Gasteiger partial charge in [0.2, 0.25) is 0 Å². The molecule has 0 aromatic carbocycles. The van der Waals surface area contributed by atoms with Gasteiger partial charge in [0.15, 0.2) is 0 Å². The summed E-state index contributed by atoms with van der Waals surface area (Å²) >= 11 is 1.76. The maximum absolute atomic E-state index is 3.94. The lowest BCUT2D eigenvalue weighted by molar-refractivity contribution is 0.950. The molecule has 1 rings (SSSR count). The van der Waals surface area contributed by atoms with Crippen molar-refractivity contribution in [2.75, 3.05) is 0 Å². The molecule has 0 saturated carbocycles. The molecule has 0 bridgehead atoms. The summed E-state index contributed by atoms with van der Waals surface area (Å²) in [6.07, 6.45) is 16.3. The van der Waals surface area contributed by atoms with Crippen LogP contribution in [-0.2, 0) is 0 Å². The van der Waals surface area contributed by atoms with E-state index in [0.717, 1.165) is 11.1 Å². The maximum Gasteiger partial charge on any atom is 0.0352 e. The van der Waals surface area contributed by atoms with Gasteiger partial charge in [-0.2, -0.15) is 0 Å². The molecule has 2 unspecified atom stereocenters. The van der Waals surface area contributed by atoms with E-state index < -0.39 is 0 Å². The molecule has 0 saturated heterocycles. The smallest absolute Gasteiger partial charge is 0.0352 e. The summed E-state index contributed by atoms with van der Waals surface area (Å²) in [6.45, 7) is 27.7. The first-order chi connectivity index (χ1) is 12.1. The molecular formula is C24H36S. The minimum Gasteiger partial charge on any atom is -0.135 e. The van der Waals surface area contributed by atoms with Gasteiger partial charge in [-0.3, -0.25) is 0 Å². The van der Waals surface area contributed by atoms with E-state index in [2.05, 4.69) is 64.5 Å². The lowest BCUT2D eigenvalue weighted by Gasteiger charge is -1.98. The largest absolute Gasteiger partial charge is 0.135 e. The molecule has 0 aliphatic carbocycles. The Labute approximate surface area is 160 Å². The molecule has 1 heteroatoms. The molecule has 1 heterocycles. The second-order valence-electron chi connectivity index (χ2n) is 4.97. The number of hydrogen-bond donors (Lipinski definition) is 0. The Morgan fingerprint density at radius 2 is 1.00 bits per heavy atom. The Bertz CT molecular complexity index is 531. The molecule has 0 aliphatic rings. The Kier molecular flexibility index (Phi) is 15.9. The van der Waals surface area contributed by atoms with Gasteiger partial charge in [-0.1, -0.05) is 91.2 Å². The standard InChI is InChI=1S/C20H24S.2C2H6/c1-7-15(5)11-13-19-17(9-3)18(10-4)20(21-19)14-12-16(6)8-2;2*1-2/h7-16H,1-4H2,5-6H3;2*1-2H3/b13-11-,14-12-;;. The van der Waals surface area contributed by atoms with E-state index in [1.54, 1.807) is 11.3 Å². The van der Waals surface area contributed by atoms with Crippen molar-refractivity contribution in [1.82, 2.24) is 0 Å². The van der Waals surface area contributed by atoms with Gasteiger partial charge in [-0.15, -0.1) is 24.5 Å². The van der Waals surface area contributed by atoms with E-state index in [1.807, 2.05) is 52.0 Å². The van der Waals surface area contributed by atoms with E-state index in [0.29, 0.717) is 11.8 Å². The Morgan fingerprint density at radius 1 is 0.680 bits per heavy atom. The van der Waals surface area contributed by atoms with E-state index in [1.165, 1.54) is 9.75 Å². The number of rotatable bonds is 8. The third kappa shape index (κ3) is 8.69. The van der Waals surface area contributed by atoms with E-state index in [4.69, 9.17) is 0 Å². The van der Waals surface area contributed by atoms with Gasteiger partial charge < -0.3 is 0 Å². The Balaban J connectivity index is 0. The molecule has 0 spiro atoms. The molecular weight excluding hydrogens is 320 g/mol. The second kappa shape index (κ2) is 15.7. The zero-order chi connectivity index (χ0) is 19.8. The first kappa shape index (κ1) is 25.4. The molecule has 1 aromatic heterocycles. The monoisotopic (exact) mass is 356 g/mol. The molecule has 0 aliphatic heterocycles. The first-order valence-corrected chi connectivity index (χ1v) is 9.92. The molecule has 0 N–H and O–H groups in total. The highest BCUT2D eigenvalue weighted by atomic mass is 32.1. The molecule has 0 fully saturated rings. The Morgan fingerprint density at radius 3 is 1.24 bits per heavy atom. The summed E-state index contributed by atoms with van der Waals surface area (Å²) < 4.78 is 0. The van der Waals surface area contributed by atoms with Gasteiger partial charge in [0.1, 0.15) is 0 Å². The van der Waals surface area contributed by atoms with Gasteiger partial charge in [0, 0.05) is 9.75 Å². The van der Waals surface area contributed by atoms with Crippen molar-refractivity contribution >= 4 is 35.6 Å². The predicted molar refractivity (Wildman–Crippen MR) is 124 cm³/mol. The van der Waals surface area contributed by atoms with Gasteiger partial charge in [-0.05, 0) is 35.1 Å². The van der Waals surface area contributed by atoms with Gasteiger partial charge in [-0.25, -0.2) is 0 Å². The molecule has 0 nitrogen and oxygen atoms in total. The lowest BCUT2D eigenvalue weighted by Crippen LogP contribution is -1.81. The highest BCUT2D eigenvalue weighted by Gasteiger charge is 2.10. The summed E-state index contributed by atoms with van der Waals surface area (Å²) in [5.41, 5.74) is 2.29. The van der Waals surface area contributed by atoms with E-state index >= 15 is 0 Å². The van der Waals surface area contributed by atoms with Crippen LogP contribution in [-0.4, -0.2) is 0 Å². The Hall–Kier alpha value is -1.86. The maximum atomic E-state index is 3.94. The summed E-state index contributed by atoms with van der Waals surface area (Å²) in [7, 11) is 0. The van der Waals surface area contributed by atoms with Gasteiger partial charge >= 0.3 is 0 Å². The zero-order valence-corrected chi connectivity index (χ0v) is 17.8. The topological polar surface area (TPSA) is 0 Å². The third-order valence-electron chi connectivity index (χ3n) is 3.30. The van der Waals surface area contributed by atoms with Crippen LogP contribution in [0.3, 0.4) is 0 Å². The molecule has 1 aromatic rings. The van der Waals surface area contributed by atoms with Crippen LogP contribution in [0.2, 0.25) is 0 Å². The van der Waals surface area contributed by atoms with Crippen LogP contribution in [0, 0.1) is 11.8 Å². The fourth-order valence-corrected chi connectivity index (χ4v) is 2.93. The average molecular weight is 357 g/mol. The minimum absolute atomic E-state index is 0.358. The highest BCUT2D eigenvalue weighted by molar-refractivity contribution is 7.14. The van der Waals surface area contributed by atoms with Crippen molar-refractivity contribution < 1.29 is 0 Å². The van der Waals surface area contributed by atoms with Crippen LogP contribution in [0.15, 0.2) is 50.6 Å². The van der Waals surface area contributed by atoms with E-state index in [-0.39, 0.29) is 0 Å². The van der Waals surface area contributed by atoms with Crippen LogP contribution >= 0.6 is 11.3 Å².